The molecule has 0 atom stereocenters. The van der Waals surface area contributed by atoms with Crippen molar-refractivity contribution in [3.05, 3.63) is 132 Å². The van der Waals surface area contributed by atoms with Crippen LogP contribution in [0.5, 0.6) is 0 Å². The zero-order valence-corrected chi connectivity index (χ0v) is 24.7. The van der Waals surface area contributed by atoms with Gasteiger partial charge < -0.3 is 0 Å². The van der Waals surface area contributed by atoms with Gasteiger partial charge in [0.25, 0.3) is 0 Å². The van der Waals surface area contributed by atoms with Crippen LogP contribution in [-0.2, 0) is 0 Å². The fourth-order valence-electron chi connectivity index (χ4n) is 6.26. The van der Waals surface area contributed by atoms with E-state index < -0.39 is 0 Å². The summed E-state index contributed by atoms with van der Waals surface area (Å²) < 4.78 is 2.49. The predicted octanol–water partition coefficient (Wildman–Crippen LogP) is 10.8. The largest absolute Gasteiger partial charge is 0.208 e. The molecule has 8 rings (SSSR count). The normalized spacial score (nSPS) is 11.6. The van der Waals surface area contributed by atoms with Crippen molar-refractivity contribution in [1.82, 2.24) is 15.0 Å². The summed E-state index contributed by atoms with van der Waals surface area (Å²) in [5.41, 5.74) is 6.52. The van der Waals surface area contributed by atoms with Gasteiger partial charge in [-0.15, -0.1) is 11.3 Å². The highest BCUT2D eigenvalue weighted by molar-refractivity contribution is 7.25. The second kappa shape index (κ2) is 9.97. The van der Waals surface area contributed by atoms with Gasteiger partial charge in [-0.1, -0.05) is 103 Å². The fourth-order valence-corrected chi connectivity index (χ4v) is 7.38. The van der Waals surface area contributed by atoms with Gasteiger partial charge in [0.15, 0.2) is 17.5 Å². The number of thiophene rings is 1. The first-order valence-corrected chi connectivity index (χ1v) is 15.2. The standard InChI is InChI=1S/C39H27N3S/c1-4-27-24(3)28-13-8-9-14-29(28)30-19-18-26(22-32(27)30)38-40-37(25-11-6-5-7-12-25)41-39(42-38)31-15-10-16-35-36(31)33-21-23(2)17-20-34(33)43-35/h4-22H,1H2,2-3H3. The summed E-state index contributed by atoms with van der Waals surface area (Å²) >= 11 is 1.81. The molecule has 0 unspecified atom stereocenters. The highest BCUT2D eigenvalue weighted by atomic mass is 32.1. The number of fused-ring (bicyclic) bond motifs is 6. The van der Waals surface area contributed by atoms with Crippen LogP contribution in [0.3, 0.4) is 0 Å². The fraction of sp³-hybridized carbons (Fsp3) is 0.0513. The van der Waals surface area contributed by atoms with E-state index in [1.807, 2.05) is 35.6 Å². The maximum absolute atomic E-state index is 5.16. The van der Waals surface area contributed by atoms with Crippen LogP contribution in [0.2, 0.25) is 0 Å². The molecule has 0 aliphatic heterocycles. The Bertz CT molecular complexity index is 2390. The van der Waals surface area contributed by atoms with Crippen molar-refractivity contribution in [1.29, 1.82) is 0 Å². The summed E-state index contributed by atoms with van der Waals surface area (Å²) in [5.74, 6) is 1.99. The Morgan fingerprint density at radius 3 is 2.09 bits per heavy atom. The van der Waals surface area contributed by atoms with Crippen LogP contribution in [0.1, 0.15) is 16.7 Å². The third-order valence-corrected chi connectivity index (χ3v) is 9.49. The molecule has 0 aliphatic carbocycles. The minimum absolute atomic E-state index is 0.652. The van der Waals surface area contributed by atoms with Crippen LogP contribution >= 0.6 is 11.3 Å². The molecule has 3 nitrogen and oxygen atoms in total. The minimum atomic E-state index is 0.652. The highest BCUT2D eigenvalue weighted by Gasteiger charge is 2.18. The number of aryl methyl sites for hydroxylation is 2. The Labute approximate surface area is 253 Å². The topological polar surface area (TPSA) is 38.7 Å². The lowest BCUT2D eigenvalue weighted by Crippen LogP contribution is -2.00. The van der Waals surface area contributed by atoms with Gasteiger partial charge in [0.1, 0.15) is 0 Å². The zero-order valence-electron chi connectivity index (χ0n) is 23.9. The van der Waals surface area contributed by atoms with Crippen LogP contribution in [0.4, 0.5) is 0 Å². The number of nitrogens with zero attached hydrogens (tertiary/aromatic N) is 3. The van der Waals surface area contributed by atoms with E-state index in [0.29, 0.717) is 17.5 Å². The molecule has 204 valence electrons. The van der Waals surface area contributed by atoms with Crippen LogP contribution in [0, 0.1) is 13.8 Å². The number of benzene rings is 6. The summed E-state index contributed by atoms with van der Waals surface area (Å²) in [4.78, 5) is 15.3. The van der Waals surface area contributed by atoms with E-state index in [9.17, 15) is 0 Å². The molecule has 0 radical (unpaired) electrons. The molecule has 0 N–H and O–H groups in total. The van der Waals surface area contributed by atoms with Crippen LogP contribution < -0.4 is 0 Å². The van der Waals surface area contributed by atoms with Crippen molar-refractivity contribution in [3.63, 3.8) is 0 Å². The smallest absolute Gasteiger partial charge is 0.164 e. The Balaban J connectivity index is 1.41. The summed E-state index contributed by atoms with van der Waals surface area (Å²) in [7, 11) is 0. The van der Waals surface area contributed by atoms with Crippen molar-refractivity contribution in [3.8, 4) is 34.2 Å². The molecular weight excluding hydrogens is 543 g/mol. The van der Waals surface area contributed by atoms with Gasteiger partial charge in [-0.3, -0.25) is 0 Å². The second-order valence-corrected chi connectivity index (χ2v) is 12.1. The van der Waals surface area contributed by atoms with Crippen LogP contribution in [0.25, 0.3) is 82.0 Å². The van der Waals surface area contributed by atoms with Gasteiger partial charge in [-0.2, -0.15) is 0 Å². The average molecular weight is 570 g/mol. The SMILES string of the molecule is C=Cc1c(C)c2ccccc2c2ccc(-c3nc(-c4ccccc4)nc(-c4cccc5sc6ccc(C)cc6c45)n3)cc12. The summed E-state index contributed by atoms with van der Waals surface area (Å²) in [6.07, 6.45) is 1.96. The molecule has 0 saturated carbocycles. The zero-order chi connectivity index (χ0) is 29.1. The Morgan fingerprint density at radius 2 is 1.28 bits per heavy atom. The molecule has 8 aromatic rings. The Morgan fingerprint density at radius 1 is 0.558 bits per heavy atom. The third kappa shape index (κ3) is 4.14. The maximum Gasteiger partial charge on any atom is 0.164 e. The van der Waals surface area contributed by atoms with Gasteiger partial charge in [-0.05, 0) is 70.8 Å². The molecule has 0 fully saturated rings. The minimum Gasteiger partial charge on any atom is -0.208 e. The molecule has 0 bridgehead atoms. The van der Waals surface area contributed by atoms with Crippen molar-refractivity contribution in [2.45, 2.75) is 13.8 Å². The van der Waals surface area contributed by atoms with Gasteiger partial charge in [0.2, 0.25) is 0 Å². The molecule has 4 heteroatoms. The molecule has 0 spiro atoms. The second-order valence-electron chi connectivity index (χ2n) is 11.0. The molecule has 0 aliphatic rings. The third-order valence-electron chi connectivity index (χ3n) is 8.36. The van der Waals surface area contributed by atoms with E-state index in [-0.39, 0.29) is 0 Å². The van der Waals surface area contributed by atoms with Gasteiger partial charge in [-0.25, -0.2) is 15.0 Å². The Hall–Kier alpha value is -5.19. The van der Waals surface area contributed by atoms with Crippen molar-refractivity contribution in [2.24, 2.45) is 0 Å². The van der Waals surface area contributed by atoms with Crippen molar-refractivity contribution >= 4 is 59.1 Å². The van der Waals surface area contributed by atoms with Gasteiger partial charge >= 0.3 is 0 Å². The first kappa shape index (κ1) is 25.5. The van der Waals surface area contributed by atoms with Gasteiger partial charge in [0, 0.05) is 36.9 Å². The van der Waals surface area contributed by atoms with E-state index in [1.165, 1.54) is 47.5 Å². The number of aromatic nitrogens is 3. The molecule has 2 aromatic heterocycles. The lowest BCUT2D eigenvalue weighted by Gasteiger charge is -2.14. The van der Waals surface area contributed by atoms with E-state index >= 15 is 0 Å². The monoisotopic (exact) mass is 569 g/mol. The van der Waals surface area contributed by atoms with E-state index in [0.717, 1.165) is 27.6 Å². The van der Waals surface area contributed by atoms with Gasteiger partial charge in [0.05, 0.1) is 0 Å². The van der Waals surface area contributed by atoms with E-state index in [2.05, 4.69) is 111 Å². The summed E-state index contributed by atoms with van der Waals surface area (Å²) in [5, 5.41) is 7.26. The predicted molar refractivity (Wildman–Crippen MR) is 184 cm³/mol. The molecule has 43 heavy (non-hydrogen) atoms. The molecular formula is C39H27N3S. The number of hydrogen-bond acceptors (Lipinski definition) is 4. The number of hydrogen-bond donors (Lipinski definition) is 0. The summed E-state index contributed by atoms with van der Waals surface area (Å²) in [6.45, 7) is 8.49. The lowest BCUT2D eigenvalue weighted by atomic mass is 9.91. The molecule has 0 amide bonds. The molecule has 2 heterocycles. The lowest BCUT2D eigenvalue weighted by molar-refractivity contribution is 1.08. The number of rotatable bonds is 4. The van der Waals surface area contributed by atoms with Crippen LogP contribution in [-0.4, -0.2) is 15.0 Å². The maximum atomic E-state index is 5.16. The first-order chi connectivity index (χ1) is 21.1. The quantitative estimate of drug-likeness (QED) is 0.198. The van der Waals surface area contributed by atoms with Crippen molar-refractivity contribution < 1.29 is 0 Å². The van der Waals surface area contributed by atoms with E-state index in [1.54, 1.807) is 0 Å². The van der Waals surface area contributed by atoms with Crippen LogP contribution in [0.15, 0.2) is 116 Å². The Kier molecular flexibility index (Phi) is 5.92. The first-order valence-electron chi connectivity index (χ1n) is 14.4. The van der Waals surface area contributed by atoms with E-state index in [4.69, 9.17) is 15.0 Å². The van der Waals surface area contributed by atoms with Crippen molar-refractivity contribution in [2.75, 3.05) is 0 Å². The average Bonchev–Trinajstić information content (AvgIpc) is 3.43. The summed E-state index contributed by atoms with van der Waals surface area (Å²) in [6, 6.07) is 38.4. The molecule has 6 aromatic carbocycles. The molecule has 0 saturated heterocycles. The highest BCUT2D eigenvalue weighted by Crippen LogP contribution is 2.41.